The summed E-state index contributed by atoms with van der Waals surface area (Å²) < 4.78 is 0. The zero-order valence-electron chi connectivity index (χ0n) is 8.97. The third-order valence-electron chi connectivity index (χ3n) is 2.16. The summed E-state index contributed by atoms with van der Waals surface area (Å²) in [5.74, 6) is 0.649. The van der Waals surface area contributed by atoms with E-state index >= 15 is 0 Å². The first-order valence-electron chi connectivity index (χ1n) is 5.06. The van der Waals surface area contributed by atoms with Crippen LogP contribution in [0.1, 0.15) is 17.4 Å². The first-order valence-corrected chi connectivity index (χ1v) is 5.06. The second kappa shape index (κ2) is 4.57. The molecule has 0 aliphatic rings. The Bertz CT molecular complexity index is 494. The number of hydrogen-bond donors (Lipinski definition) is 1. The van der Waals surface area contributed by atoms with Crippen molar-refractivity contribution in [2.24, 2.45) is 0 Å². The van der Waals surface area contributed by atoms with Gasteiger partial charge in [0.05, 0.1) is 0 Å². The SMILES string of the molecule is CC(=O)c1cccc(Nc2ccccc2)n1. The van der Waals surface area contributed by atoms with Gasteiger partial charge in [0.15, 0.2) is 5.78 Å². The Balaban J connectivity index is 2.22. The molecule has 1 N–H and O–H groups in total. The van der Waals surface area contributed by atoms with Gasteiger partial charge in [0.1, 0.15) is 11.5 Å². The van der Waals surface area contributed by atoms with Crippen molar-refractivity contribution in [2.75, 3.05) is 5.32 Å². The van der Waals surface area contributed by atoms with Crippen molar-refractivity contribution in [1.82, 2.24) is 4.98 Å². The van der Waals surface area contributed by atoms with E-state index < -0.39 is 0 Å². The lowest BCUT2D eigenvalue weighted by Crippen LogP contribution is -2.00. The molecule has 3 heteroatoms. The maximum atomic E-state index is 11.2. The summed E-state index contributed by atoms with van der Waals surface area (Å²) >= 11 is 0. The van der Waals surface area contributed by atoms with Crippen LogP contribution in [0.5, 0.6) is 0 Å². The highest BCUT2D eigenvalue weighted by atomic mass is 16.1. The smallest absolute Gasteiger partial charge is 0.178 e. The number of ketones is 1. The summed E-state index contributed by atoms with van der Waals surface area (Å²) in [4.78, 5) is 15.4. The first kappa shape index (κ1) is 10.4. The summed E-state index contributed by atoms with van der Waals surface area (Å²) in [5, 5.41) is 3.14. The summed E-state index contributed by atoms with van der Waals surface area (Å²) in [6.45, 7) is 1.51. The monoisotopic (exact) mass is 212 g/mol. The van der Waals surface area contributed by atoms with Crippen molar-refractivity contribution in [3.8, 4) is 0 Å². The van der Waals surface area contributed by atoms with E-state index in [0.29, 0.717) is 11.5 Å². The van der Waals surface area contributed by atoms with Gasteiger partial charge in [0.2, 0.25) is 0 Å². The summed E-state index contributed by atoms with van der Waals surface area (Å²) in [5.41, 5.74) is 1.43. The molecule has 2 aromatic rings. The molecule has 0 atom stereocenters. The fraction of sp³-hybridized carbons (Fsp3) is 0.0769. The maximum absolute atomic E-state index is 11.2. The molecule has 1 aromatic heterocycles. The molecule has 0 spiro atoms. The number of rotatable bonds is 3. The molecule has 0 amide bonds. The van der Waals surface area contributed by atoms with Gasteiger partial charge in [0, 0.05) is 12.6 Å². The fourth-order valence-corrected chi connectivity index (χ4v) is 1.37. The van der Waals surface area contributed by atoms with Crippen LogP contribution in [0.2, 0.25) is 0 Å². The fourth-order valence-electron chi connectivity index (χ4n) is 1.37. The highest BCUT2D eigenvalue weighted by molar-refractivity contribution is 5.92. The summed E-state index contributed by atoms with van der Waals surface area (Å²) in [7, 11) is 0. The molecule has 80 valence electrons. The Kier molecular flexibility index (Phi) is 2.96. The topological polar surface area (TPSA) is 42.0 Å². The molecule has 2 rings (SSSR count). The molecule has 0 aliphatic heterocycles. The molecular weight excluding hydrogens is 200 g/mol. The maximum Gasteiger partial charge on any atom is 0.178 e. The van der Waals surface area contributed by atoms with Crippen molar-refractivity contribution >= 4 is 17.3 Å². The number of nitrogens with zero attached hydrogens (tertiary/aromatic N) is 1. The third-order valence-corrected chi connectivity index (χ3v) is 2.16. The second-order valence-corrected chi connectivity index (χ2v) is 3.46. The molecule has 1 heterocycles. The standard InChI is InChI=1S/C13H12N2O/c1-10(16)12-8-5-9-13(15-12)14-11-6-3-2-4-7-11/h2-9H,1H3,(H,14,15). The minimum absolute atomic E-state index is 0.0308. The highest BCUT2D eigenvalue weighted by Gasteiger charge is 2.01. The summed E-state index contributed by atoms with van der Waals surface area (Å²) in [6, 6.07) is 15.1. The van der Waals surface area contributed by atoms with Crippen LogP contribution >= 0.6 is 0 Å². The minimum Gasteiger partial charge on any atom is -0.340 e. The Morgan fingerprint density at radius 3 is 2.50 bits per heavy atom. The van der Waals surface area contributed by atoms with Gasteiger partial charge in [-0.15, -0.1) is 0 Å². The lowest BCUT2D eigenvalue weighted by atomic mass is 10.2. The lowest BCUT2D eigenvalue weighted by molar-refractivity contribution is 0.101. The van der Waals surface area contributed by atoms with Gasteiger partial charge in [-0.25, -0.2) is 4.98 Å². The van der Waals surface area contributed by atoms with Gasteiger partial charge >= 0.3 is 0 Å². The van der Waals surface area contributed by atoms with E-state index in [2.05, 4.69) is 10.3 Å². The molecule has 0 fully saturated rings. The van der Waals surface area contributed by atoms with Gasteiger partial charge in [-0.3, -0.25) is 4.79 Å². The molecule has 1 aromatic carbocycles. The molecule has 0 unspecified atom stereocenters. The van der Waals surface area contributed by atoms with Gasteiger partial charge in [-0.05, 0) is 24.3 Å². The van der Waals surface area contributed by atoms with Crippen molar-refractivity contribution in [2.45, 2.75) is 6.92 Å². The Morgan fingerprint density at radius 2 is 1.81 bits per heavy atom. The van der Waals surface area contributed by atoms with Crippen LogP contribution in [0.15, 0.2) is 48.5 Å². The van der Waals surface area contributed by atoms with E-state index in [1.807, 2.05) is 42.5 Å². The van der Waals surface area contributed by atoms with Crippen LogP contribution in [0, 0.1) is 0 Å². The van der Waals surface area contributed by atoms with Gasteiger partial charge in [-0.2, -0.15) is 0 Å². The third kappa shape index (κ3) is 2.45. The number of Topliss-reactive ketones (excluding diaryl/α,β-unsaturated/α-hetero) is 1. The van der Waals surface area contributed by atoms with Crippen LogP contribution in [0.4, 0.5) is 11.5 Å². The van der Waals surface area contributed by atoms with Crippen LogP contribution in [-0.4, -0.2) is 10.8 Å². The predicted octanol–water partition coefficient (Wildman–Crippen LogP) is 3.03. The average Bonchev–Trinajstić information content (AvgIpc) is 2.30. The average molecular weight is 212 g/mol. The molecular formula is C13H12N2O. The van der Waals surface area contributed by atoms with E-state index in [-0.39, 0.29) is 5.78 Å². The first-order chi connectivity index (χ1) is 7.75. The van der Waals surface area contributed by atoms with Crippen LogP contribution < -0.4 is 5.32 Å². The van der Waals surface area contributed by atoms with Crippen LogP contribution in [-0.2, 0) is 0 Å². The number of carbonyl (C=O) groups excluding carboxylic acids is 1. The van der Waals surface area contributed by atoms with Crippen molar-refractivity contribution in [3.05, 3.63) is 54.2 Å². The van der Waals surface area contributed by atoms with Gasteiger partial charge < -0.3 is 5.32 Å². The summed E-state index contributed by atoms with van der Waals surface area (Å²) in [6.07, 6.45) is 0. The Labute approximate surface area is 94.1 Å². The Morgan fingerprint density at radius 1 is 1.06 bits per heavy atom. The van der Waals surface area contributed by atoms with E-state index in [4.69, 9.17) is 0 Å². The Hall–Kier alpha value is -2.16. The molecule has 0 radical (unpaired) electrons. The number of anilines is 2. The van der Waals surface area contributed by atoms with Gasteiger partial charge in [0.25, 0.3) is 0 Å². The van der Waals surface area contributed by atoms with Gasteiger partial charge in [-0.1, -0.05) is 24.3 Å². The number of nitrogens with one attached hydrogen (secondary N) is 1. The van der Waals surface area contributed by atoms with E-state index in [0.717, 1.165) is 5.69 Å². The molecule has 0 bridgehead atoms. The van der Waals surface area contributed by atoms with Crippen LogP contribution in [0.3, 0.4) is 0 Å². The van der Waals surface area contributed by atoms with E-state index in [1.165, 1.54) is 6.92 Å². The van der Waals surface area contributed by atoms with E-state index in [1.54, 1.807) is 6.07 Å². The number of aromatic nitrogens is 1. The highest BCUT2D eigenvalue weighted by Crippen LogP contribution is 2.13. The largest absolute Gasteiger partial charge is 0.340 e. The second-order valence-electron chi connectivity index (χ2n) is 3.46. The van der Waals surface area contributed by atoms with Crippen molar-refractivity contribution in [1.29, 1.82) is 0 Å². The molecule has 3 nitrogen and oxygen atoms in total. The van der Waals surface area contributed by atoms with Crippen LogP contribution in [0.25, 0.3) is 0 Å². The number of pyridine rings is 1. The normalized spacial score (nSPS) is 9.81. The van der Waals surface area contributed by atoms with Crippen molar-refractivity contribution < 1.29 is 4.79 Å². The molecule has 0 saturated heterocycles. The quantitative estimate of drug-likeness (QED) is 0.795. The zero-order valence-corrected chi connectivity index (χ0v) is 8.97. The van der Waals surface area contributed by atoms with Crippen molar-refractivity contribution in [3.63, 3.8) is 0 Å². The number of carbonyl (C=O) groups is 1. The molecule has 16 heavy (non-hydrogen) atoms. The van der Waals surface area contributed by atoms with E-state index in [9.17, 15) is 4.79 Å². The molecule has 0 aliphatic carbocycles. The molecule has 0 saturated carbocycles. The predicted molar refractivity (Wildman–Crippen MR) is 64.0 cm³/mol. The number of para-hydroxylation sites is 1. The minimum atomic E-state index is -0.0308. The zero-order chi connectivity index (χ0) is 11.4. The number of benzene rings is 1. The number of hydrogen-bond acceptors (Lipinski definition) is 3. The lowest BCUT2D eigenvalue weighted by Gasteiger charge is -2.05.